The Balaban J connectivity index is 2.37. The highest BCUT2D eigenvalue weighted by atomic mass is 16.5. The Kier molecular flexibility index (Phi) is 4.17. The molecule has 1 aromatic carbocycles. The van der Waals surface area contributed by atoms with Crippen molar-refractivity contribution in [2.75, 3.05) is 14.2 Å². The Labute approximate surface area is 114 Å². The predicted octanol–water partition coefficient (Wildman–Crippen LogP) is 3.02. The molecule has 0 fully saturated rings. The van der Waals surface area contributed by atoms with Crippen LogP contribution in [-0.4, -0.2) is 19.1 Å². The minimum Gasteiger partial charge on any atom is -0.497 e. The average Bonchev–Trinajstić information content (AvgIpc) is 2.39. The Morgan fingerprint density at radius 1 is 1.00 bits per heavy atom. The van der Waals surface area contributed by atoms with Gasteiger partial charge in [-0.15, -0.1) is 0 Å². The Morgan fingerprint density at radius 3 is 2.05 bits per heavy atom. The first kappa shape index (κ1) is 13.6. The van der Waals surface area contributed by atoms with Gasteiger partial charge in [0.1, 0.15) is 5.75 Å². The van der Waals surface area contributed by atoms with Crippen molar-refractivity contribution in [1.29, 1.82) is 0 Å². The number of nitrogens with zero attached hydrogens (tertiary/aromatic N) is 1. The second-order valence-electron chi connectivity index (χ2n) is 4.68. The third kappa shape index (κ3) is 3.12. The third-order valence-electron chi connectivity index (χ3n) is 3.17. The van der Waals surface area contributed by atoms with Gasteiger partial charge in [-0.3, -0.25) is 4.98 Å². The molecule has 19 heavy (non-hydrogen) atoms. The summed E-state index contributed by atoms with van der Waals surface area (Å²) in [5.74, 6) is 0.876. The van der Waals surface area contributed by atoms with Gasteiger partial charge in [0.05, 0.1) is 13.2 Å². The highest BCUT2D eigenvalue weighted by Gasteiger charge is 2.13. The van der Waals surface area contributed by atoms with E-state index in [1.165, 1.54) is 11.1 Å². The maximum atomic E-state index is 5.20. The Hall–Kier alpha value is -1.87. The number of pyridine rings is 1. The topological polar surface area (TPSA) is 34.1 Å². The van der Waals surface area contributed by atoms with Crippen molar-refractivity contribution in [1.82, 2.24) is 10.3 Å². The normalized spacial score (nSPS) is 12.2. The summed E-state index contributed by atoms with van der Waals surface area (Å²) in [5.41, 5.74) is 4.54. The van der Waals surface area contributed by atoms with Crippen molar-refractivity contribution in [3.8, 4) is 5.75 Å². The van der Waals surface area contributed by atoms with E-state index in [2.05, 4.69) is 34.6 Å². The quantitative estimate of drug-likeness (QED) is 0.913. The summed E-state index contributed by atoms with van der Waals surface area (Å²) in [6.07, 6.45) is 0. The van der Waals surface area contributed by atoms with E-state index < -0.39 is 0 Å². The summed E-state index contributed by atoms with van der Waals surface area (Å²) in [6.45, 7) is 4.05. The predicted molar refractivity (Wildman–Crippen MR) is 77.6 cm³/mol. The van der Waals surface area contributed by atoms with Crippen LogP contribution in [0.3, 0.4) is 0 Å². The van der Waals surface area contributed by atoms with Gasteiger partial charge >= 0.3 is 0 Å². The van der Waals surface area contributed by atoms with E-state index in [1.54, 1.807) is 7.11 Å². The number of nitrogens with one attached hydrogen (secondary N) is 1. The van der Waals surface area contributed by atoms with E-state index in [0.717, 1.165) is 17.1 Å². The molecule has 2 rings (SSSR count). The fourth-order valence-electron chi connectivity index (χ4n) is 2.36. The summed E-state index contributed by atoms with van der Waals surface area (Å²) in [7, 11) is 3.65. The molecule has 1 aromatic heterocycles. The number of hydrogen-bond donors (Lipinski definition) is 1. The first-order valence-corrected chi connectivity index (χ1v) is 6.40. The van der Waals surface area contributed by atoms with Crippen molar-refractivity contribution in [3.63, 3.8) is 0 Å². The summed E-state index contributed by atoms with van der Waals surface area (Å²) < 4.78 is 5.20. The number of aromatic nitrogens is 1. The summed E-state index contributed by atoms with van der Waals surface area (Å²) in [6, 6.07) is 12.6. The number of rotatable bonds is 4. The zero-order chi connectivity index (χ0) is 13.8. The molecular formula is C16H20N2O. The molecular weight excluding hydrogens is 236 g/mol. The average molecular weight is 256 g/mol. The number of ether oxygens (including phenoxy) is 1. The smallest absolute Gasteiger partial charge is 0.118 e. The van der Waals surface area contributed by atoms with E-state index >= 15 is 0 Å². The summed E-state index contributed by atoms with van der Waals surface area (Å²) >= 11 is 0. The number of hydrogen-bond acceptors (Lipinski definition) is 3. The molecule has 1 heterocycles. The first-order valence-electron chi connectivity index (χ1n) is 6.40. The molecule has 1 N–H and O–H groups in total. The van der Waals surface area contributed by atoms with Crippen LogP contribution >= 0.6 is 0 Å². The highest BCUT2D eigenvalue weighted by molar-refractivity contribution is 5.36. The minimum absolute atomic E-state index is 0.173. The molecule has 0 radical (unpaired) electrons. The van der Waals surface area contributed by atoms with Gasteiger partial charge in [-0.05, 0) is 56.3 Å². The lowest BCUT2D eigenvalue weighted by molar-refractivity contribution is 0.414. The molecule has 0 aliphatic carbocycles. The van der Waals surface area contributed by atoms with Crippen molar-refractivity contribution in [2.24, 2.45) is 0 Å². The minimum atomic E-state index is 0.173. The molecule has 3 heteroatoms. The van der Waals surface area contributed by atoms with E-state index in [9.17, 15) is 0 Å². The van der Waals surface area contributed by atoms with Crippen molar-refractivity contribution in [2.45, 2.75) is 19.9 Å². The molecule has 3 nitrogen and oxygen atoms in total. The van der Waals surface area contributed by atoms with E-state index in [0.29, 0.717) is 0 Å². The van der Waals surface area contributed by atoms with Crippen LogP contribution in [0.4, 0.5) is 0 Å². The van der Waals surface area contributed by atoms with Gasteiger partial charge in [-0.25, -0.2) is 0 Å². The molecule has 0 aliphatic heterocycles. The fraction of sp³-hybridized carbons (Fsp3) is 0.312. The molecule has 0 amide bonds. The van der Waals surface area contributed by atoms with Crippen molar-refractivity contribution < 1.29 is 4.74 Å². The zero-order valence-corrected chi connectivity index (χ0v) is 11.9. The van der Waals surface area contributed by atoms with Crippen LogP contribution < -0.4 is 10.1 Å². The second kappa shape index (κ2) is 5.85. The lowest BCUT2D eigenvalue weighted by atomic mass is 9.98. The molecule has 1 atom stereocenters. The number of methoxy groups -OCH3 is 1. The number of benzene rings is 1. The molecule has 2 aromatic rings. The van der Waals surface area contributed by atoms with Crippen LogP contribution in [0.1, 0.15) is 28.6 Å². The highest BCUT2D eigenvalue weighted by Crippen LogP contribution is 2.24. The maximum absolute atomic E-state index is 5.20. The largest absolute Gasteiger partial charge is 0.497 e. The van der Waals surface area contributed by atoms with Gasteiger partial charge in [-0.2, -0.15) is 0 Å². The van der Waals surface area contributed by atoms with Gasteiger partial charge in [-0.1, -0.05) is 12.1 Å². The Bertz CT molecular complexity index is 529. The van der Waals surface area contributed by atoms with Crippen LogP contribution in [0.15, 0.2) is 36.4 Å². The van der Waals surface area contributed by atoms with Gasteiger partial charge < -0.3 is 10.1 Å². The fourth-order valence-corrected chi connectivity index (χ4v) is 2.36. The van der Waals surface area contributed by atoms with Crippen molar-refractivity contribution >= 4 is 0 Å². The van der Waals surface area contributed by atoms with Crippen LogP contribution in [0, 0.1) is 13.8 Å². The second-order valence-corrected chi connectivity index (χ2v) is 4.68. The van der Waals surface area contributed by atoms with Crippen LogP contribution in [-0.2, 0) is 0 Å². The monoisotopic (exact) mass is 256 g/mol. The summed E-state index contributed by atoms with van der Waals surface area (Å²) in [4.78, 5) is 4.42. The molecule has 0 aliphatic rings. The molecule has 0 saturated heterocycles. The van der Waals surface area contributed by atoms with Crippen molar-refractivity contribution in [3.05, 3.63) is 58.9 Å². The Morgan fingerprint density at radius 2 is 1.58 bits per heavy atom. The van der Waals surface area contributed by atoms with E-state index in [4.69, 9.17) is 4.74 Å². The summed E-state index contributed by atoms with van der Waals surface area (Å²) in [5, 5.41) is 3.36. The molecule has 0 bridgehead atoms. The zero-order valence-electron chi connectivity index (χ0n) is 11.9. The van der Waals surface area contributed by atoms with Crippen LogP contribution in [0.2, 0.25) is 0 Å². The maximum Gasteiger partial charge on any atom is 0.118 e. The third-order valence-corrected chi connectivity index (χ3v) is 3.17. The van der Waals surface area contributed by atoms with E-state index in [-0.39, 0.29) is 6.04 Å². The SMILES string of the molecule is CNC(c1ccc(OC)cc1)c1cc(C)nc(C)c1. The first-order chi connectivity index (χ1) is 9.13. The lowest BCUT2D eigenvalue weighted by Gasteiger charge is -2.18. The molecule has 0 saturated carbocycles. The standard InChI is InChI=1S/C16H20N2O/c1-11-9-14(10-12(2)18-11)16(17-3)13-5-7-15(19-4)8-6-13/h5-10,16-17H,1-4H3. The van der Waals surface area contributed by atoms with E-state index in [1.807, 2.05) is 33.0 Å². The van der Waals surface area contributed by atoms with Gasteiger partial charge in [0, 0.05) is 11.4 Å². The van der Waals surface area contributed by atoms with Gasteiger partial charge in [0.25, 0.3) is 0 Å². The molecule has 100 valence electrons. The van der Waals surface area contributed by atoms with Gasteiger partial charge in [0.2, 0.25) is 0 Å². The van der Waals surface area contributed by atoms with Crippen LogP contribution in [0.25, 0.3) is 0 Å². The number of aryl methyl sites for hydroxylation is 2. The lowest BCUT2D eigenvalue weighted by Crippen LogP contribution is -2.18. The van der Waals surface area contributed by atoms with Gasteiger partial charge in [0.15, 0.2) is 0 Å². The molecule has 1 unspecified atom stereocenters. The van der Waals surface area contributed by atoms with Crippen LogP contribution in [0.5, 0.6) is 5.75 Å². The molecule has 0 spiro atoms.